The van der Waals surface area contributed by atoms with E-state index in [9.17, 15) is 0 Å². The van der Waals surface area contributed by atoms with Gasteiger partial charge in [-0.15, -0.1) is 0 Å². The first-order valence-electron chi connectivity index (χ1n) is 36.8. The molecule has 0 unspecified atom stereocenters. The Morgan fingerprint density at radius 3 is 0.639 bits per heavy atom. The predicted molar refractivity (Wildman–Crippen MR) is 416 cm³/mol. The molecule has 0 radical (unpaired) electrons. The van der Waals surface area contributed by atoms with E-state index < -0.39 is 0 Å². The van der Waals surface area contributed by atoms with Crippen molar-refractivity contribution >= 4 is 0 Å². The van der Waals surface area contributed by atoms with E-state index in [1.54, 1.807) is 0 Å². The zero-order chi connectivity index (χ0) is 68.4. The molecule has 0 saturated heterocycles. The Balaban J connectivity index is -0.0000000416. The molecule has 0 N–H and O–H groups in total. The molecule has 530 valence electrons. The van der Waals surface area contributed by atoms with Crippen LogP contribution in [0.25, 0.3) is 0 Å². The molecular weight excluding hydrogens is 997 g/mol. The van der Waals surface area contributed by atoms with Crippen LogP contribution in [0.2, 0.25) is 0 Å². The van der Waals surface area contributed by atoms with Crippen molar-refractivity contribution in [2.24, 2.45) is 81.3 Å². The SMILES string of the molecule is C.C.CC.CC(C)(C)C.CC(C)C.CC(C)CC(C)C.CC1CCCC1.CCC.CCC(C)(C)C.CCC(C)(C)C.CCC(C)C.CCC(C)CC.CCCC.CCCC(C)C.CCCCC(C)C.CCC[C@H](C)CC.CC[C@H](C)C(C)C. The highest BCUT2D eigenvalue weighted by Crippen LogP contribution is 2.23. The second kappa shape index (κ2) is 101. The molecule has 83 heavy (non-hydrogen) atoms. The molecule has 0 nitrogen and oxygen atoms in total. The van der Waals surface area contributed by atoms with E-state index in [1.165, 1.54) is 141 Å². The lowest BCUT2D eigenvalue weighted by molar-refractivity contribution is 0.397. The van der Waals surface area contributed by atoms with Gasteiger partial charge in [0.05, 0.1) is 0 Å². The van der Waals surface area contributed by atoms with Gasteiger partial charge in [-0.25, -0.2) is 0 Å². The van der Waals surface area contributed by atoms with Gasteiger partial charge >= 0.3 is 0 Å². The Labute approximate surface area is 546 Å². The van der Waals surface area contributed by atoms with Gasteiger partial charge in [0, 0.05) is 0 Å². The molecule has 0 aromatic carbocycles. The molecule has 0 aliphatic heterocycles. The summed E-state index contributed by atoms with van der Waals surface area (Å²) >= 11 is 0. The fourth-order valence-electron chi connectivity index (χ4n) is 4.72. The lowest BCUT2D eigenvalue weighted by Gasteiger charge is -2.12. The summed E-state index contributed by atoms with van der Waals surface area (Å²) in [5.41, 5.74) is 1.58. The van der Waals surface area contributed by atoms with Crippen molar-refractivity contribution in [2.75, 3.05) is 0 Å². The maximum Gasteiger partial charge on any atom is -0.0385 e. The first-order valence-corrected chi connectivity index (χ1v) is 36.8. The number of rotatable bonds is 16. The summed E-state index contributed by atoms with van der Waals surface area (Å²) in [7, 11) is 0. The fraction of sp³-hybridized carbons (Fsp3) is 1.00. The smallest absolute Gasteiger partial charge is 0.0385 e. The van der Waals surface area contributed by atoms with E-state index in [2.05, 4.69) is 298 Å². The van der Waals surface area contributed by atoms with Gasteiger partial charge in [0.1, 0.15) is 0 Å². The second-order valence-electron chi connectivity index (χ2n) is 31.1. The van der Waals surface area contributed by atoms with Crippen molar-refractivity contribution in [1.29, 1.82) is 0 Å². The molecule has 2 atom stereocenters. The fourth-order valence-corrected chi connectivity index (χ4v) is 4.72. The highest BCUT2D eigenvalue weighted by molar-refractivity contribution is 4.61. The van der Waals surface area contributed by atoms with Crippen molar-refractivity contribution in [2.45, 2.75) is 468 Å². The molecule has 0 amide bonds. The average Bonchev–Trinajstić information content (AvgIpc) is 3.84. The molecule has 0 heterocycles. The minimum absolute atomic E-state index is 0. The van der Waals surface area contributed by atoms with E-state index >= 15 is 0 Å². The van der Waals surface area contributed by atoms with Crippen LogP contribution in [0.5, 0.6) is 0 Å². The van der Waals surface area contributed by atoms with Crippen molar-refractivity contribution in [1.82, 2.24) is 0 Å². The molecule has 0 aromatic heterocycles. The van der Waals surface area contributed by atoms with Crippen LogP contribution in [-0.4, -0.2) is 0 Å². The molecule has 1 aliphatic rings. The van der Waals surface area contributed by atoms with Crippen molar-refractivity contribution in [3.05, 3.63) is 0 Å². The van der Waals surface area contributed by atoms with Gasteiger partial charge in [-0.2, -0.15) is 0 Å². The Morgan fingerprint density at radius 2 is 0.602 bits per heavy atom. The van der Waals surface area contributed by atoms with Crippen LogP contribution >= 0.6 is 0 Å². The molecule has 1 aliphatic carbocycles. The average molecular weight is 1200 g/mol. The normalized spacial score (nSPS) is 11.7. The maximum absolute atomic E-state index is 2.34. The summed E-state index contributed by atoms with van der Waals surface area (Å²) in [6.45, 7) is 99.9. The molecule has 1 fully saturated rings. The highest BCUT2D eigenvalue weighted by atomic mass is 14.1. The standard InChI is InChI=1S/4C7H16.C6H12.4C6H14.2C5H12.2C4H10.C3H8.C2H6.2CH4/c1-6(2)5-7(3)4;1-5-7(4)6(2)3;1-4-5-6-7(2)3;1-4-6-7(3)5-2;1-6-4-2-3-5-6;2*1-5-6(2,3)4;1-4-5-6(2)3;1-4-6(3)5-2;1-5(2,3)4;1-4-5(2)3;1-4(2)3;1-3-4-2;1-3-2;1-2;;/h2*6-7H,5H2,1-4H3;2*7H,4-6H2,1-3H3;6H,2-5H2,1H3;2*5H2,1-4H3;2*6H,4-5H2,1-3H3;1-4H3;5H,4H2,1-3H3;4H,1-3H3;3-4H2,1-2H3;3H2,1-2H3;1-2H3;2*1H4/t;7-;;7-;;;;;;;;;;;;;/m.0.1............./s1. The van der Waals surface area contributed by atoms with Crippen LogP contribution in [-0.2, 0) is 0 Å². The van der Waals surface area contributed by atoms with Crippen molar-refractivity contribution < 1.29 is 0 Å². The number of unbranched alkanes of at least 4 members (excludes halogenated alkanes) is 2. The van der Waals surface area contributed by atoms with Gasteiger partial charge in [0.15, 0.2) is 0 Å². The summed E-state index contributed by atoms with van der Waals surface area (Å²) in [4.78, 5) is 0. The molecule has 0 spiro atoms. The zero-order valence-electron chi connectivity index (χ0n) is 68.4. The summed E-state index contributed by atoms with van der Waals surface area (Å²) in [5, 5.41) is 0. The van der Waals surface area contributed by atoms with Gasteiger partial charge in [-0.05, 0) is 87.8 Å². The third-order valence-corrected chi connectivity index (χ3v) is 12.7. The Kier molecular flexibility index (Phi) is 151. The minimum Gasteiger partial charge on any atom is -0.0776 e. The highest BCUT2D eigenvalue weighted by Gasteiger charge is 2.07. The summed E-state index contributed by atoms with van der Waals surface area (Å²) < 4.78 is 0. The van der Waals surface area contributed by atoms with Crippen LogP contribution in [0.15, 0.2) is 0 Å². The van der Waals surface area contributed by atoms with Crippen LogP contribution in [0.4, 0.5) is 0 Å². The summed E-state index contributed by atoms with van der Waals surface area (Å²) in [6, 6.07) is 0. The van der Waals surface area contributed by atoms with Crippen LogP contribution in [0, 0.1) is 81.3 Å². The van der Waals surface area contributed by atoms with Crippen molar-refractivity contribution in [3.63, 3.8) is 0 Å². The molecule has 0 bridgehead atoms. The van der Waals surface area contributed by atoms with Crippen molar-refractivity contribution in [3.8, 4) is 0 Å². The molecule has 1 saturated carbocycles. The van der Waals surface area contributed by atoms with E-state index in [4.69, 9.17) is 0 Å². The minimum atomic E-state index is 0. The van der Waals surface area contributed by atoms with Crippen LogP contribution < -0.4 is 0 Å². The van der Waals surface area contributed by atoms with Gasteiger partial charge in [0.2, 0.25) is 0 Å². The summed E-state index contributed by atoms with van der Waals surface area (Å²) in [6.07, 6.45) is 30.0. The molecular formula is C83H198. The number of hydrogen-bond donors (Lipinski definition) is 0. The lowest BCUT2D eigenvalue weighted by atomic mass is 9.94. The quantitative estimate of drug-likeness (QED) is 0.144. The van der Waals surface area contributed by atoms with Gasteiger partial charge in [0.25, 0.3) is 0 Å². The topological polar surface area (TPSA) is 0 Å². The Bertz CT molecular complexity index is 820. The van der Waals surface area contributed by atoms with E-state index in [1.807, 2.05) is 13.8 Å². The summed E-state index contributed by atoms with van der Waals surface area (Å²) in [5.74, 6) is 9.97. The van der Waals surface area contributed by atoms with E-state index in [-0.39, 0.29) is 14.9 Å². The van der Waals surface area contributed by atoms with E-state index in [0.717, 1.165) is 65.1 Å². The number of hydrogen-bond acceptors (Lipinski definition) is 0. The monoisotopic (exact) mass is 1200 g/mol. The third kappa shape index (κ3) is 298. The molecule has 0 aromatic rings. The second-order valence-corrected chi connectivity index (χ2v) is 31.1. The predicted octanol–water partition coefficient (Wildman–Crippen LogP) is 34.3. The molecule has 1 rings (SSSR count). The maximum atomic E-state index is 2.34. The first kappa shape index (κ1) is 124. The Morgan fingerprint density at radius 1 is 0.349 bits per heavy atom. The largest absolute Gasteiger partial charge is 0.0776 e. The molecule has 0 heteroatoms. The third-order valence-electron chi connectivity index (χ3n) is 12.7. The van der Waals surface area contributed by atoms with Crippen LogP contribution in [0.3, 0.4) is 0 Å². The first-order chi connectivity index (χ1) is 36.8. The van der Waals surface area contributed by atoms with E-state index in [0.29, 0.717) is 16.2 Å². The van der Waals surface area contributed by atoms with Gasteiger partial charge in [-0.3, -0.25) is 0 Å². The van der Waals surface area contributed by atoms with Gasteiger partial charge < -0.3 is 0 Å². The Hall–Kier alpha value is 0. The van der Waals surface area contributed by atoms with Gasteiger partial charge in [-0.1, -0.05) is 461 Å². The zero-order valence-corrected chi connectivity index (χ0v) is 68.4. The lowest BCUT2D eigenvalue weighted by Crippen LogP contribution is -2.00. The van der Waals surface area contributed by atoms with Crippen LogP contribution in [0.1, 0.15) is 468 Å².